The van der Waals surface area contributed by atoms with Crippen molar-refractivity contribution in [3.05, 3.63) is 35.4 Å². The third-order valence-corrected chi connectivity index (χ3v) is 3.91. The lowest BCUT2D eigenvalue weighted by atomic mass is 9.99. The molecule has 1 fully saturated rings. The van der Waals surface area contributed by atoms with Gasteiger partial charge in [0.05, 0.1) is 12.2 Å². The lowest BCUT2D eigenvalue weighted by molar-refractivity contribution is -0.0237. The highest BCUT2D eigenvalue weighted by Gasteiger charge is 2.25. The van der Waals surface area contributed by atoms with Crippen LogP contribution < -0.4 is 5.73 Å². The van der Waals surface area contributed by atoms with Gasteiger partial charge in [-0.2, -0.15) is 0 Å². The molecule has 0 amide bonds. The summed E-state index contributed by atoms with van der Waals surface area (Å²) in [6, 6.07) is 8.69. The molecular weight excluding hydrogens is 222 g/mol. The van der Waals surface area contributed by atoms with E-state index in [1.807, 2.05) is 0 Å². The maximum Gasteiger partial charge on any atom is 0.0979 e. The summed E-state index contributed by atoms with van der Waals surface area (Å²) in [7, 11) is 0. The van der Waals surface area contributed by atoms with Crippen LogP contribution in [0.1, 0.15) is 56.3 Å². The SMILES string of the molecule is CCC(N)C(OC1CCCC1)c1ccc(C)cc1. The summed E-state index contributed by atoms with van der Waals surface area (Å²) in [5.41, 5.74) is 8.75. The van der Waals surface area contributed by atoms with E-state index in [0.29, 0.717) is 6.10 Å². The van der Waals surface area contributed by atoms with Crippen LogP contribution in [-0.4, -0.2) is 12.1 Å². The zero-order valence-corrected chi connectivity index (χ0v) is 11.6. The van der Waals surface area contributed by atoms with E-state index < -0.39 is 0 Å². The Morgan fingerprint density at radius 1 is 1.22 bits per heavy atom. The van der Waals surface area contributed by atoms with Crippen LogP contribution in [0, 0.1) is 6.92 Å². The molecule has 0 aliphatic heterocycles. The average Bonchev–Trinajstić information content (AvgIpc) is 2.89. The summed E-state index contributed by atoms with van der Waals surface area (Å²) in [6.45, 7) is 4.24. The van der Waals surface area contributed by atoms with Crippen LogP contribution in [0.2, 0.25) is 0 Å². The molecule has 1 aliphatic carbocycles. The summed E-state index contributed by atoms with van der Waals surface area (Å²) in [5.74, 6) is 0. The van der Waals surface area contributed by atoms with Crippen molar-refractivity contribution in [3.8, 4) is 0 Å². The van der Waals surface area contributed by atoms with Gasteiger partial charge < -0.3 is 10.5 Å². The molecule has 1 aromatic carbocycles. The van der Waals surface area contributed by atoms with Crippen molar-refractivity contribution in [2.24, 2.45) is 5.73 Å². The van der Waals surface area contributed by atoms with E-state index in [9.17, 15) is 0 Å². The Morgan fingerprint density at radius 3 is 2.39 bits per heavy atom. The normalized spacial score (nSPS) is 19.9. The molecule has 2 atom stereocenters. The van der Waals surface area contributed by atoms with Crippen LogP contribution in [0.15, 0.2) is 24.3 Å². The van der Waals surface area contributed by atoms with Gasteiger partial charge in [-0.05, 0) is 31.7 Å². The smallest absolute Gasteiger partial charge is 0.0979 e. The predicted molar refractivity (Wildman–Crippen MR) is 75.5 cm³/mol. The first-order chi connectivity index (χ1) is 8.70. The summed E-state index contributed by atoms with van der Waals surface area (Å²) in [5, 5.41) is 0. The van der Waals surface area contributed by atoms with E-state index in [-0.39, 0.29) is 12.1 Å². The Labute approximate surface area is 111 Å². The van der Waals surface area contributed by atoms with Crippen molar-refractivity contribution in [2.75, 3.05) is 0 Å². The maximum absolute atomic E-state index is 6.27. The molecule has 1 saturated carbocycles. The van der Waals surface area contributed by atoms with E-state index in [2.05, 4.69) is 38.1 Å². The molecule has 2 unspecified atom stereocenters. The minimum Gasteiger partial charge on any atom is -0.369 e. The zero-order valence-electron chi connectivity index (χ0n) is 11.6. The lowest BCUT2D eigenvalue weighted by Gasteiger charge is -2.27. The average molecular weight is 247 g/mol. The third kappa shape index (κ3) is 3.33. The molecule has 1 aromatic rings. The van der Waals surface area contributed by atoms with Gasteiger partial charge in [0.25, 0.3) is 0 Å². The largest absolute Gasteiger partial charge is 0.369 e. The van der Waals surface area contributed by atoms with E-state index in [1.165, 1.54) is 36.8 Å². The van der Waals surface area contributed by atoms with Crippen molar-refractivity contribution in [3.63, 3.8) is 0 Å². The molecule has 100 valence electrons. The highest BCUT2D eigenvalue weighted by Crippen LogP contribution is 2.30. The van der Waals surface area contributed by atoms with Gasteiger partial charge in [0.1, 0.15) is 0 Å². The Hall–Kier alpha value is -0.860. The minimum absolute atomic E-state index is 0.0544. The monoisotopic (exact) mass is 247 g/mol. The van der Waals surface area contributed by atoms with Crippen molar-refractivity contribution in [1.29, 1.82) is 0 Å². The van der Waals surface area contributed by atoms with Gasteiger partial charge in [-0.25, -0.2) is 0 Å². The topological polar surface area (TPSA) is 35.2 Å². The lowest BCUT2D eigenvalue weighted by Crippen LogP contribution is -2.31. The van der Waals surface area contributed by atoms with Crippen molar-refractivity contribution < 1.29 is 4.74 Å². The molecule has 0 heterocycles. The Balaban J connectivity index is 2.10. The highest BCUT2D eigenvalue weighted by atomic mass is 16.5. The molecule has 0 bridgehead atoms. The molecule has 2 nitrogen and oxygen atoms in total. The van der Waals surface area contributed by atoms with E-state index in [0.717, 1.165) is 6.42 Å². The Kier molecular flexibility index (Phi) is 4.79. The fourth-order valence-corrected chi connectivity index (χ4v) is 2.63. The number of benzene rings is 1. The summed E-state index contributed by atoms with van der Waals surface area (Å²) < 4.78 is 6.27. The predicted octanol–water partition coefficient (Wildman–Crippen LogP) is 3.73. The first-order valence-corrected chi connectivity index (χ1v) is 7.18. The second-order valence-corrected chi connectivity index (χ2v) is 5.45. The van der Waals surface area contributed by atoms with Crippen LogP contribution in [0.25, 0.3) is 0 Å². The number of hydrogen-bond donors (Lipinski definition) is 1. The zero-order chi connectivity index (χ0) is 13.0. The van der Waals surface area contributed by atoms with Gasteiger partial charge in [0.2, 0.25) is 0 Å². The highest BCUT2D eigenvalue weighted by molar-refractivity contribution is 5.24. The van der Waals surface area contributed by atoms with Gasteiger partial charge in [-0.15, -0.1) is 0 Å². The van der Waals surface area contributed by atoms with Crippen molar-refractivity contribution in [1.82, 2.24) is 0 Å². The summed E-state index contributed by atoms with van der Waals surface area (Å²) in [6.07, 6.45) is 6.40. The van der Waals surface area contributed by atoms with Gasteiger partial charge in [0.15, 0.2) is 0 Å². The third-order valence-electron chi connectivity index (χ3n) is 3.91. The second-order valence-electron chi connectivity index (χ2n) is 5.45. The van der Waals surface area contributed by atoms with Gasteiger partial charge in [-0.3, -0.25) is 0 Å². The summed E-state index contributed by atoms with van der Waals surface area (Å²) in [4.78, 5) is 0. The maximum atomic E-state index is 6.27. The van der Waals surface area contributed by atoms with Crippen LogP contribution in [-0.2, 0) is 4.74 Å². The number of aryl methyl sites for hydroxylation is 1. The van der Waals surface area contributed by atoms with E-state index in [4.69, 9.17) is 10.5 Å². The molecule has 18 heavy (non-hydrogen) atoms. The quantitative estimate of drug-likeness (QED) is 0.860. The standard InChI is InChI=1S/C16H25NO/c1-3-15(17)16(18-14-6-4-5-7-14)13-10-8-12(2)9-11-13/h8-11,14-16H,3-7,17H2,1-2H3. The van der Waals surface area contributed by atoms with Crippen molar-refractivity contribution in [2.45, 2.75) is 64.2 Å². The molecule has 2 N–H and O–H groups in total. The molecule has 1 aliphatic rings. The van der Waals surface area contributed by atoms with Crippen LogP contribution in [0.5, 0.6) is 0 Å². The number of nitrogens with two attached hydrogens (primary N) is 1. The molecule has 0 spiro atoms. The fraction of sp³-hybridized carbons (Fsp3) is 0.625. The fourth-order valence-electron chi connectivity index (χ4n) is 2.63. The van der Waals surface area contributed by atoms with Gasteiger partial charge in [0, 0.05) is 6.04 Å². The van der Waals surface area contributed by atoms with Gasteiger partial charge in [-0.1, -0.05) is 49.6 Å². The minimum atomic E-state index is 0.0544. The molecule has 2 heteroatoms. The molecule has 0 radical (unpaired) electrons. The number of rotatable bonds is 5. The molecule has 0 saturated heterocycles. The van der Waals surface area contributed by atoms with Gasteiger partial charge >= 0.3 is 0 Å². The number of hydrogen-bond acceptors (Lipinski definition) is 2. The molecular formula is C16H25NO. The number of ether oxygens (including phenoxy) is 1. The first kappa shape index (κ1) is 13.6. The van der Waals surface area contributed by atoms with Crippen molar-refractivity contribution >= 4 is 0 Å². The molecule has 2 rings (SSSR count). The van der Waals surface area contributed by atoms with Crippen LogP contribution in [0.3, 0.4) is 0 Å². The summed E-state index contributed by atoms with van der Waals surface area (Å²) >= 11 is 0. The Bertz CT molecular complexity index is 354. The first-order valence-electron chi connectivity index (χ1n) is 7.18. The van der Waals surface area contributed by atoms with E-state index >= 15 is 0 Å². The van der Waals surface area contributed by atoms with Crippen LogP contribution >= 0.6 is 0 Å². The molecule has 0 aromatic heterocycles. The van der Waals surface area contributed by atoms with Crippen LogP contribution in [0.4, 0.5) is 0 Å². The van der Waals surface area contributed by atoms with E-state index in [1.54, 1.807) is 0 Å². The Morgan fingerprint density at radius 2 is 1.83 bits per heavy atom. The second kappa shape index (κ2) is 6.35.